The molecular weight excluding hydrogens is 324 g/mol. The zero-order valence-electron chi connectivity index (χ0n) is 11.9. The molecule has 2 aromatic rings. The highest BCUT2D eigenvalue weighted by Gasteiger charge is 2.19. The molecule has 0 aliphatic heterocycles. The van der Waals surface area contributed by atoms with E-state index in [-0.39, 0.29) is 11.4 Å². The van der Waals surface area contributed by atoms with Crippen molar-refractivity contribution in [2.24, 2.45) is 0 Å². The van der Waals surface area contributed by atoms with Crippen LogP contribution in [0.5, 0.6) is 0 Å². The Morgan fingerprint density at radius 3 is 2.50 bits per heavy atom. The average molecular weight is 339 g/mol. The van der Waals surface area contributed by atoms with Crippen LogP contribution in [0.4, 0.5) is 0 Å². The monoisotopic (exact) mass is 338 g/mol. The molecule has 1 aromatic heterocycles. The first-order valence-corrected chi connectivity index (χ1v) is 8.57. The minimum atomic E-state index is -3.68. The van der Waals surface area contributed by atoms with Gasteiger partial charge in [-0.15, -0.1) is 0 Å². The molecule has 0 spiro atoms. The second kappa shape index (κ2) is 6.89. The SMILES string of the molecule is Cc1cccc(CNC(=O)CS(=O)(=O)c2ccc(Cl)cc2)n1. The highest BCUT2D eigenvalue weighted by Crippen LogP contribution is 2.15. The maximum absolute atomic E-state index is 12.1. The molecule has 0 bridgehead atoms. The van der Waals surface area contributed by atoms with Gasteiger partial charge in [0, 0.05) is 10.7 Å². The molecule has 0 unspecified atom stereocenters. The van der Waals surface area contributed by atoms with E-state index in [2.05, 4.69) is 10.3 Å². The number of nitrogens with zero attached hydrogens (tertiary/aromatic N) is 1. The summed E-state index contributed by atoms with van der Waals surface area (Å²) >= 11 is 5.72. The van der Waals surface area contributed by atoms with Gasteiger partial charge in [-0.1, -0.05) is 17.7 Å². The number of hydrogen-bond donors (Lipinski definition) is 1. The van der Waals surface area contributed by atoms with Gasteiger partial charge >= 0.3 is 0 Å². The van der Waals surface area contributed by atoms with Crippen molar-refractivity contribution < 1.29 is 13.2 Å². The summed E-state index contributed by atoms with van der Waals surface area (Å²) < 4.78 is 24.2. The predicted octanol–water partition coefficient (Wildman–Crippen LogP) is 2.13. The Balaban J connectivity index is 1.97. The third-order valence-corrected chi connectivity index (χ3v) is 4.79. The lowest BCUT2D eigenvalue weighted by Crippen LogP contribution is -2.30. The highest BCUT2D eigenvalue weighted by atomic mass is 35.5. The predicted molar refractivity (Wildman–Crippen MR) is 84.3 cm³/mol. The van der Waals surface area contributed by atoms with E-state index >= 15 is 0 Å². The molecule has 1 aromatic carbocycles. The summed E-state index contributed by atoms with van der Waals surface area (Å²) in [5.74, 6) is -1.18. The van der Waals surface area contributed by atoms with Crippen molar-refractivity contribution in [3.63, 3.8) is 0 Å². The second-order valence-electron chi connectivity index (χ2n) is 4.76. The molecule has 5 nitrogen and oxygen atoms in total. The first-order valence-electron chi connectivity index (χ1n) is 6.54. The van der Waals surface area contributed by atoms with Gasteiger partial charge in [-0.25, -0.2) is 8.42 Å². The van der Waals surface area contributed by atoms with Crippen LogP contribution in [-0.2, 0) is 21.2 Å². The quantitative estimate of drug-likeness (QED) is 0.906. The Morgan fingerprint density at radius 2 is 1.86 bits per heavy atom. The van der Waals surface area contributed by atoms with E-state index in [0.717, 1.165) is 5.69 Å². The van der Waals surface area contributed by atoms with Crippen LogP contribution >= 0.6 is 11.6 Å². The summed E-state index contributed by atoms with van der Waals surface area (Å²) in [6, 6.07) is 11.2. The third kappa shape index (κ3) is 4.54. The number of aromatic nitrogens is 1. The minimum absolute atomic E-state index is 0.0701. The first kappa shape index (κ1) is 16.5. The highest BCUT2D eigenvalue weighted by molar-refractivity contribution is 7.92. The molecule has 0 saturated heterocycles. The van der Waals surface area contributed by atoms with Crippen LogP contribution in [0.2, 0.25) is 5.02 Å². The second-order valence-corrected chi connectivity index (χ2v) is 7.19. The van der Waals surface area contributed by atoms with E-state index in [0.29, 0.717) is 10.7 Å². The van der Waals surface area contributed by atoms with Crippen molar-refractivity contribution in [3.8, 4) is 0 Å². The van der Waals surface area contributed by atoms with Crippen LogP contribution in [0.1, 0.15) is 11.4 Å². The minimum Gasteiger partial charge on any atom is -0.350 e. The Bertz CT molecular complexity index is 774. The summed E-state index contributed by atoms with van der Waals surface area (Å²) in [4.78, 5) is 16.1. The maximum atomic E-state index is 12.1. The molecule has 0 radical (unpaired) electrons. The summed E-state index contributed by atoms with van der Waals surface area (Å²) in [5, 5.41) is 3.00. The summed E-state index contributed by atoms with van der Waals surface area (Å²) in [6.45, 7) is 2.03. The first-order chi connectivity index (χ1) is 10.4. The number of hydrogen-bond acceptors (Lipinski definition) is 4. The van der Waals surface area contributed by atoms with Crippen LogP contribution in [-0.4, -0.2) is 25.1 Å². The summed E-state index contributed by atoms with van der Waals surface area (Å²) in [6.07, 6.45) is 0. The molecule has 1 amide bonds. The van der Waals surface area contributed by atoms with Crippen LogP contribution < -0.4 is 5.32 Å². The van der Waals surface area contributed by atoms with Crippen LogP contribution in [0, 0.1) is 6.92 Å². The van der Waals surface area contributed by atoms with Crippen molar-refractivity contribution >= 4 is 27.3 Å². The number of pyridine rings is 1. The van der Waals surface area contributed by atoms with Crippen LogP contribution in [0.3, 0.4) is 0 Å². The van der Waals surface area contributed by atoms with Gasteiger partial charge in [0.05, 0.1) is 17.1 Å². The Morgan fingerprint density at radius 1 is 1.18 bits per heavy atom. The molecule has 22 heavy (non-hydrogen) atoms. The van der Waals surface area contributed by atoms with Gasteiger partial charge in [0.2, 0.25) is 5.91 Å². The number of halogens is 1. The largest absolute Gasteiger partial charge is 0.350 e. The molecular formula is C15H15ClN2O3S. The standard InChI is InChI=1S/C15H15ClN2O3S/c1-11-3-2-4-13(18-11)9-17-15(19)10-22(20,21)14-7-5-12(16)6-8-14/h2-8H,9-10H2,1H3,(H,17,19). The Labute approximate surface area is 134 Å². The number of amides is 1. The van der Waals surface area contributed by atoms with Gasteiger partial charge in [0.1, 0.15) is 5.75 Å². The third-order valence-electron chi connectivity index (χ3n) is 2.91. The maximum Gasteiger partial charge on any atom is 0.235 e. The van der Waals surface area contributed by atoms with E-state index in [1.807, 2.05) is 19.1 Å². The fourth-order valence-electron chi connectivity index (χ4n) is 1.84. The molecule has 7 heteroatoms. The molecule has 0 saturated carbocycles. The van der Waals surface area contributed by atoms with Crippen LogP contribution in [0.15, 0.2) is 47.4 Å². The van der Waals surface area contributed by atoms with E-state index in [1.54, 1.807) is 6.07 Å². The topological polar surface area (TPSA) is 76.1 Å². The normalized spacial score (nSPS) is 11.2. The van der Waals surface area contributed by atoms with E-state index in [4.69, 9.17) is 11.6 Å². The van der Waals surface area contributed by atoms with Crippen LogP contribution in [0.25, 0.3) is 0 Å². The zero-order valence-corrected chi connectivity index (χ0v) is 13.5. The molecule has 2 rings (SSSR count). The number of carbonyl (C=O) groups excluding carboxylic acids is 1. The fourth-order valence-corrected chi connectivity index (χ4v) is 3.13. The number of sulfone groups is 1. The number of rotatable bonds is 5. The van der Waals surface area contributed by atoms with E-state index in [1.165, 1.54) is 24.3 Å². The number of benzene rings is 1. The van der Waals surface area contributed by atoms with Gasteiger partial charge in [-0.3, -0.25) is 9.78 Å². The Hall–Kier alpha value is -1.92. The molecule has 0 fully saturated rings. The van der Waals surface area contributed by atoms with E-state index < -0.39 is 21.5 Å². The van der Waals surface area contributed by atoms with Crippen molar-refractivity contribution in [1.29, 1.82) is 0 Å². The lowest BCUT2D eigenvalue weighted by atomic mass is 10.3. The number of nitrogens with one attached hydrogen (secondary N) is 1. The zero-order chi connectivity index (χ0) is 16.2. The molecule has 0 aliphatic carbocycles. The average Bonchev–Trinajstić information content (AvgIpc) is 2.45. The lowest BCUT2D eigenvalue weighted by molar-refractivity contribution is -0.118. The van der Waals surface area contributed by atoms with Crippen molar-refractivity contribution in [2.45, 2.75) is 18.4 Å². The number of aryl methyl sites for hydroxylation is 1. The van der Waals surface area contributed by atoms with E-state index in [9.17, 15) is 13.2 Å². The molecule has 0 aliphatic rings. The van der Waals surface area contributed by atoms with Crippen molar-refractivity contribution in [3.05, 3.63) is 58.9 Å². The van der Waals surface area contributed by atoms with Crippen molar-refractivity contribution in [1.82, 2.24) is 10.3 Å². The van der Waals surface area contributed by atoms with Gasteiger partial charge in [0.15, 0.2) is 9.84 Å². The summed E-state index contributed by atoms with van der Waals surface area (Å²) in [5.41, 5.74) is 1.51. The van der Waals surface area contributed by atoms with Crippen molar-refractivity contribution in [2.75, 3.05) is 5.75 Å². The molecule has 0 atom stereocenters. The smallest absolute Gasteiger partial charge is 0.235 e. The van der Waals surface area contributed by atoms with Gasteiger partial charge in [-0.2, -0.15) is 0 Å². The molecule has 1 N–H and O–H groups in total. The van der Waals surface area contributed by atoms with Gasteiger partial charge in [-0.05, 0) is 43.3 Å². The molecule has 1 heterocycles. The van der Waals surface area contributed by atoms with Gasteiger partial charge < -0.3 is 5.32 Å². The summed E-state index contributed by atoms with van der Waals surface area (Å²) in [7, 11) is -3.68. The number of carbonyl (C=O) groups is 1. The fraction of sp³-hybridized carbons (Fsp3) is 0.200. The lowest BCUT2D eigenvalue weighted by Gasteiger charge is -2.07. The van der Waals surface area contributed by atoms with Gasteiger partial charge in [0.25, 0.3) is 0 Å². The Kier molecular flexibility index (Phi) is 5.15. The molecule has 116 valence electrons.